The molecular formula is C12H23N3O4. The second-order valence-corrected chi connectivity index (χ2v) is 5.04. The van der Waals surface area contributed by atoms with Gasteiger partial charge in [0.25, 0.3) is 0 Å². The summed E-state index contributed by atoms with van der Waals surface area (Å²) < 4.78 is 5.32. The number of aliphatic carboxylic acids is 1. The number of carboxylic acids is 1. The zero-order chi connectivity index (χ0) is 14.4. The Kier molecular flexibility index (Phi) is 6.04. The molecule has 0 aromatic rings. The minimum Gasteiger partial charge on any atom is -0.481 e. The van der Waals surface area contributed by atoms with Crippen molar-refractivity contribution >= 4 is 12.0 Å². The first kappa shape index (κ1) is 15.7. The van der Waals surface area contributed by atoms with E-state index in [9.17, 15) is 9.59 Å². The Balaban J connectivity index is 2.37. The highest BCUT2D eigenvalue weighted by molar-refractivity contribution is 5.74. The van der Waals surface area contributed by atoms with Gasteiger partial charge in [-0.15, -0.1) is 0 Å². The van der Waals surface area contributed by atoms with Crippen molar-refractivity contribution in [2.24, 2.45) is 0 Å². The minimum atomic E-state index is -0.909. The van der Waals surface area contributed by atoms with Gasteiger partial charge in [0.1, 0.15) is 0 Å². The van der Waals surface area contributed by atoms with E-state index in [1.165, 1.54) is 0 Å². The molecular weight excluding hydrogens is 250 g/mol. The molecule has 2 unspecified atom stereocenters. The third-order valence-electron chi connectivity index (χ3n) is 3.26. The van der Waals surface area contributed by atoms with Crippen LogP contribution < -0.4 is 5.32 Å². The lowest BCUT2D eigenvalue weighted by molar-refractivity contribution is -0.141. The van der Waals surface area contributed by atoms with Crippen LogP contribution in [0.1, 0.15) is 13.3 Å². The monoisotopic (exact) mass is 273 g/mol. The van der Waals surface area contributed by atoms with E-state index in [0.717, 1.165) is 0 Å². The number of amides is 2. The Morgan fingerprint density at radius 3 is 2.79 bits per heavy atom. The van der Waals surface area contributed by atoms with Crippen LogP contribution in [0, 0.1) is 0 Å². The van der Waals surface area contributed by atoms with Gasteiger partial charge in [0, 0.05) is 25.7 Å². The molecule has 1 heterocycles. The Morgan fingerprint density at radius 2 is 2.21 bits per heavy atom. The maximum atomic E-state index is 11.9. The van der Waals surface area contributed by atoms with Crippen LogP contribution in [0.15, 0.2) is 0 Å². The van der Waals surface area contributed by atoms with Crippen LogP contribution in [0.4, 0.5) is 4.79 Å². The summed E-state index contributed by atoms with van der Waals surface area (Å²) in [6.45, 7) is 3.79. The van der Waals surface area contributed by atoms with Crippen LogP contribution >= 0.6 is 0 Å². The summed E-state index contributed by atoms with van der Waals surface area (Å²) in [6, 6.07) is 0.0900. The standard InChI is InChI=1S/C12H23N3O4/c1-9(14(2)3)7-13-12(18)15-4-5-19-10(8-15)6-11(16)17/h9-10H,4-8H2,1-3H3,(H,13,18)(H,16,17). The lowest BCUT2D eigenvalue weighted by Crippen LogP contribution is -2.51. The molecule has 0 aliphatic carbocycles. The fourth-order valence-electron chi connectivity index (χ4n) is 1.75. The van der Waals surface area contributed by atoms with E-state index in [4.69, 9.17) is 9.84 Å². The topological polar surface area (TPSA) is 82.1 Å². The highest BCUT2D eigenvalue weighted by atomic mass is 16.5. The van der Waals surface area contributed by atoms with Crippen LogP contribution in [0.25, 0.3) is 0 Å². The molecule has 1 rings (SSSR count). The summed E-state index contributed by atoms with van der Waals surface area (Å²) in [7, 11) is 3.91. The quantitative estimate of drug-likeness (QED) is 0.726. The highest BCUT2D eigenvalue weighted by Crippen LogP contribution is 2.08. The number of carbonyl (C=O) groups is 2. The van der Waals surface area contributed by atoms with Gasteiger partial charge in [0.15, 0.2) is 0 Å². The number of urea groups is 1. The smallest absolute Gasteiger partial charge is 0.317 e. The van der Waals surface area contributed by atoms with Crippen LogP contribution in [0.2, 0.25) is 0 Å². The summed E-state index contributed by atoms with van der Waals surface area (Å²) in [5, 5.41) is 11.6. The Labute approximate surface area is 113 Å². The van der Waals surface area contributed by atoms with Crippen molar-refractivity contribution in [1.29, 1.82) is 0 Å². The second kappa shape index (κ2) is 7.30. The van der Waals surface area contributed by atoms with E-state index in [2.05, 4.69) is 5.32 Å². The maximum absolute atomic E-state index is 11.9. The molecule has 0 spiro atoms. The predicted octanol–water partition coefficient (Wildman–Crippen LogP) is -0.178. The molecule has 2 amide bonds. The minimum absolute atomic E-state index is 0.0715. The van der Waals surface area contributed by atoms with E-state index in [1.54, 1.807) is 4.90 Å². The Morgan fingerprint density at radius 1 is 1.53 bits per heavy atom. The van der Waals surface area contributed by atoms with Crippen molar-refractivity contribution in [2.75, 3.05) is 40.3 Å². The van der Waals surface area contributed by atoms with E-state index in [1.807, 2.05) is 25.9 Å². The van der Waals surface area contributed by atoms with Gasteiger partial charge < -0.3 is 25.0 Å². The molecule has 1 fully saturated rings. The predicted molar refractivity (Wildman–Crippen MR) is 70.1 cm³/mol. The Hall–Kier alpha value is -1.34. The van der Waals surface area contributed by atoms with Crippen LogP contribution in [0.3, 0.4) is 0 Å². The van der Waals surface area contributed by atoms with Gasteiger partial charge in [-0.05, 0) is 21.0 Å². The van der Waals surface area contributed by atoms with Crippen LogP contribution in [-0.2, 0) is 9.53 Å². The highest BCUT2D eigenvalue weighted by Gasteiger charge is 2.25. The largest absolute Gasteiger partial charge is 0.481 e. The van der Waals surface area contributed by atoms with Gasteiger partial charge in [-0.2, -0.15) is 0 Å². The molecule has 1 saturated heterocycles. The van der Waals surface area contributed by atoms with E-state index in [-0.39, 0.29) is 18.5 Å². The van der Waals surface area contributed by atoms with E-state index in [0.29, 0.717) is 26.2 Å². The maximum Gasteiger partial charge on any atom is 0.317 e. The third kappa shape index (κ3) is 5.44. The zero-order valence-corrected chi connectivity index (χ0v) is 11.8. The van der Waals surface area contributed by atoms with Crippen LogP contribution in [-0.4, -0.2) is 79.4 Å². The third-order valence-corrected chi connectivity index (χ3v) is 3.26. The molecule has 2 atom stereocenters. The van der Waals surface area contributed by atoms with Gasteiger partial charge in [0.2, 0.25) is 0 Å². The van der Waals surface area contributed by atoms with Gasteiger partial charge in [0.05, 0.1) is 19.1 Å². The average molecular weight is 273 g/mol. The number of ether oxygens (including phenoxy) is 1. The zero-order valence-electron chi connectivity index (χ0n) is 11.8. The average Bonchev–Trinajstić information content (AvgIpc) is 2.34. The van der Waals surface area contributed by atoms with Crippen molar-refractivity contribution in [1.82, 2.24) is 15.1 Å². The molecule has 1 aliphatic heterocycles. The number of morpholine rings is 1. The fourth-order valence-corrected chi connectivity index (χ4v) is 1.75. The number of carboxylic acid groups (broad SMARTS) is 1. The molecule has 7 nitrogen and oxygen atoms in total. The SMILES string of the molecule is CC(CNC(=O)N1CCOC(CC(=O)O)C1)N(C)C. The fraction of sp³-hybridized carbons (Fsp3) is 0.833. The molecule has 0 aromatic carbocycles. The first-order valence-corrected chi connectivity index (χ1v) is 6.42. The first-order valence-electron chi connectivity index (χ1n) is 6.42. The normalized spacial score (nSPS) is 21.3. The molecule has 19 heavy (non-hydrogen) atoms. The molecule has 0 radical (unpaired) electrons. The summed E-state index contributed by atoms with van der Waals surface area (Å²) in [5.41, 5.74) is 0. The number of hydrogen-bond acceptors (Lipinski definition) is 4. The van der Waals surface area contributed by atoms with Crippen molar-refractivity contribution in [2.45, 2.75) is 25.5 Å². The number of hydrogen-bond donors (Lipinski definition) is 2. The number of rotatable bonds is 5. The van der Waals surface area contributed by atoms with Gasteiger partial charge in [-0.3, -0.25) is 4.79 Å². The molecule has 0 saturated carbocycles. The summed E-state index contributed by atoms with van der Waals surface area (Å²) >= 11 is 0. The molecule has 110 valence electrons. The van der Waals surface area contributed by atoms with E-state index >= 15 is 0 Å². The molecule has 1 aliphatic rings. The second-order valence-electron chi connectivity index (χ2n) is 5.04. The van der Waals surface area contributed by atoms with E-state index < -0.39 is 12.1 Å². The number of nitrogens with one attached hydrogen (secondary N) is 1. The van der Waals surface area contributed by atoms with Gasteiger partial charge in [-0.1, -0.05) is 0 Å². The van der Waals surface area contributed by atoms with Crippen molar-refractivity contribution < 1.29 is 19.4 Å². The molecule has 0 bridgehead atoms. The van der Waals surface area contributed by atoms with Crippen molar-refractivity contribution in [3.05, 3.63) is 0 Å². The Bertz CT molecular complexity index is 322. The number of carbonyl (C=O) groups excluding carboxylic acids is 1. The summed E-state index contributed by atoms with van der Waals surface area (Å²) in [6.07, 6.45) is -0.485. The molecule has 2 N–H and O–H groups in total. The molecule has 7 heteroatoms. The number of likely N-dealkylation sites (N-methyl/N-ethyl adjacent to an activating group) is 1. The van der Waals surface area contributed by atoms with Gasteiger partial charge >= 0.3 is 12.0 Å². The molecule has 0 aromatic heterocycles. The van der Waals surface area contributed by atoms with Crippen molar-refractivity contribution in [3.63, 3.8) is 0 Å². The van der Waals surface area contributed by atoms with Gasteiger partial charge in [-0.25, -0.2) is 4.79 Å². The summed E-state index contributed by atoms with van der Waals surface area (Å²) in [4.78, 5) is 26.2. The first-order chi connectivity index (χ1) is 8.90. The number of nitrogens with zero attached hydrogens (tertiary/aromatic N) is 2. The summed E-state index contributed by atoms with van der Waals surface area (Å²) in [5.74, 6) is -0.909. The van der Waals surface area contributed by atoms with Crippen LogP contribution in [0.5, 0.6) is 0 Å². The lowest BCUT2D eigenvalue weighted by atomic mass is 10.2. The van der Waals surface area contributed by atoms with Crippen molar-refractivity contribution in [3.8, 4) is 0 Å². The lowest BCUT2D eigenvalue weighted by Gasteiger charge is -2.33.